The quantitative estimate of drug-likeness (QED) is 0.0112. The number of hydrogen-bond acceptors (Lipinski definition) is 21. The molecule has 6 aromatic rings. The van der Waals surface area contributed by atoms with Crippen LogP contribution in [0.15, 0.2) is 73.5 Å². The van der Waals surface area contributed by atoms with E-state index in [0.717, 1.165) is 27.5 Å². The molecule has 3 aromatic carbocycles. The van der Waals surface area contributed by atoms with Crippen LogP contribution in [0.3, 0.4) is 0 Å². The highest BCUT2D eigenvalue weighted by atomic mass is 79.9. The van der Waals surface area contributed by atoms with Crippen molar-refractivity contribution in [3.05, 3.63) is 102 Å². The highest BCUT2D eigenvalue weighted by Gasteiger charge is 2.36. The summed E-state index contributed by atoms with van der Waals surface area (Å²) in [5.74, 6) is 2.80. The van der Waals surface area contributed by atoms with Crippen LogP contribution >= 0.6 is 25.8 Å². The third kappa shape index (κ3) is 25.4. The van der Waals surface area contributed by atoms with Gasteiger partial charge in [-0.1, -0.05) is 42.0 Å². The number of nitrogens with one attached hydrogen (secondary N) is 3. The van der Waals surface area contributed by atoms with Crippen LogP contribution in [0, 0.1) is 64.6 Å². The second-order valence-electron chi connectivity index (χ2n) is 29.3. The van der Waals surface area contributed by atoms with Crippen LogP contribution in [0.4, 0.5) is 0 Å². The number of para-hydroxylation sites is 3. The maximum absolute atomic E-state index is 13.0. The number of imidazole rings is 3. The van der Waals surface area contributed by atoms with Crippen LogP contribution in [0.25, 0.3) is 33.1 Å². The molecule has 594 valence electrons. The molecule has 110 heavy (non-hydrogen) atoms. The molecule has 0 bridgehead atoms. The first-order valence-corrected chi connectivity index (χ1v) is 36.9. The van der Waals surface area contributed by atoms with Crippen molar-refractivity contribution < 1.29 is 71.6 Å². The number of hydrogen-bond donors (Lipinski definition) is 4. The van der Waals surface area contributed by atoms with Gasteiger partial charge in [0.25, 0.3) is 0 Å². The van der Waals surface area contributed by atoms with E-state index < -0.39 is 76.4 Å². The summed E-state index contributed by atoms with van der Waals surface area (Å²) in [6, 6.07) is 18.2. The van der Waals surface area contributed by atoms with Gasteiger partial charge >= 0.3 is 35.0 Å². The van der Waals surface area contributed by atoms with Gasteiger partial charge in [-0.2, -0.15) is 20.4 Å². The number of nitriles is 2. The van der Waals surface area contributed by atoms with Gasteiger partial charge in [0, 0.05) is 77.9 Å². The lowest BCUT2D eigenvalue weighted by Gasteiger charge is -2.23. The van der Waals surface area contributed by atoms with E-state index in [1.807, 2.05) is 63.2 Å². The van der Waals surface area contributed by atoms with Gasteiger partial charge in [-0.25, -0.2) is 14.4 Å². The number of carbonyl (C=O) groups is 9. The Hall–Kier alpha value is -9.85. The average Bonchev–Trinajstić information content (AvgIpc) is 1.62. The second kappa shape index (κ2) is 41.8. The first-order chi connectivity index (χ1) is 51.5. The fourth-order valence-electron chi connectivity index (χ4n) is 12.3. The zero-order valence-electron chi connectivity index (χ0n) is 64.7. The third-order valence-corrected chi connectivity index (χ3v) is 18.0. The fraction of sp³-hybridized carbons (Fsp3) is 0.538. The number of carbonyl (C=O) groups excluding carboxylic acids is 9. The monoisotopic (exact) mass is 1600 g/mol. The Labute approximate surface area is 650 Å². The largest absolute Gasteiger partial charge is 0.460 e. The molecule has 0 saturated carbocycles. The number of piperidine rings is 3. The number of imide groups is 3. The van der Waals surface area contributed by atoms with Gasteiger partial charge in [0.05, 0.1) is 56.7 Å². The van der Waals surface area contributed by atoms with Crippen LogP contribution in [0.1, 0.15) is 175 Å². The van der Waals surface area contributed by atoms with Crippen molar-refractivity contribution in [1.29, 1.82) is 10.5 Å². The van der Waals surface area contributed by atoms with Gasteiger partial charge in [0.2, 0.25) is 35.4 Å². The van der Waals surface area contributed by atoms with E-state index in [9.17, 15) is 62.8 Å². The van der Waals surface area contributed by atoms with E-state index in [1.165, 1.54) is 22.8 Å². The molecule has 7 unspecified atom stereocenters. The number of nitrogens with two attached hydrogens (primary N) is 1. The van der Waals surface area contributed by atoms with Crippen LogP contribution < -0.4 is 38.8 Å². The predicted molar refractivity (Wildman–Crippen MR) is 417 cm³/mol. The summed E-state index contributed by atoms with van der Waals surface area (Å²) in [4.78, 5) is 145. The van der Waals surface area contributed by atoms with Crippen molar-refractivity contribution in [2.24, 2.45) is 44.6 Å². The number of nitrogens with zero attached hydrogens (tertiary/aromatic N) is 8. The molecule has 32 heteroatoms. The Balaban J connectivity index is 0.000000274. The molecule has 7 atom stereocenters. The maximum atomic E-state index is 13.0. The van der Waals surface area contributed by atoms with E-state index in [-0.39, 0.29) is 102 Å². The summed E-state index contributed by atoms with van der Waals surface area (Å²) in [5.41, 5.74) is 8.76. The van der Waals surface area contributed by atoms with Crippen molar-refractivity contribution in [3.63, 3.8) is 0 Å². The number of rotatable bonds is 25. The molecule has 3 aromatic heterocycles. The zero-order valence-corrected chi connectivity index (χ0v) is 67.7. The minimum Gasteiger partial charge on any atom is -0.460 e. The summed E-state index contributed by atoms with van der Waals surface area (Å²) in [5, 5.41) is 25.0. The first kappa shape index (κ1) is 90.8. The number of terminal acetylenes is 1. The Bertz CT molecular complexity index is 4720. The van der Waals surface area contributed by atoms with Crippen LogP contribution in [0.5, 0.6) is 0 Å². The van der Waals surface area contributed by atoms with Gasteiger partial charge in [-0.05, 0) is 185 Å². The zero-order chi connectivity index (χ0) is 80.7. The summed E-state index contributed by atoms with van der Waals surface area (Å²) < 4.78 is 41.8. The minimum absolute atomic E-state index is 0. The van der Waals surface area contributed by atoms with Crippen LogP contribution in [-0.2, 0) is 99.1 Å². The molecule has 0 aliphatic carbocycles. The molecule has 6 heterocycles. The van der Waals surface area contributed by atoms with Crippen molar-refractivity contribution >= 4 is 112 Å². The van der Waals surface area contributed by atoms with E-state index in [0.29, 0.717) is 112 Å². The van der Waals surface area contributed by atoms with Crippen LogP contribution in [-0.4, -0.2) is 144 Å². The van der Waals surface area contributed by atoms with Crippen molar-refractivity contribution in [2.75, 3.05) is 46.2 Å². The Kier molecular flexibility index (Phi) is 34.5. The molecule has 9 rings (SSSR count). The van der Waals surface area contributed by atoms with E-state index >= 15 is 0 Å². The topological polar surface area (TPSA) is 399 Å². The standard InChI is InChI=1S/C26H38N4O6.C26H30N4O6.C13H12BrN3O3.C13H19NO3.H3P/c2*1-26(2,3)36-24(33)18(16-27)10-7-15-35-14-6-9-17-8-5-11-19-22(17)29(4)25(34)30(19)20-12-13-21(31)28-23(20)32;1-16-11-7(14)3-2-4-8(11)17(13(16)20)9-5-6-10(18)15-12(9)19;1-5-8-16-9-6-7-11(10-14)12(15)17-13(2,3)4;/h5,8,11,18,20H,6-7,9-10,12-16,27H2,1-4H3,(H,28,31,32);5,8,11,18,20H,7,10,12-15H2,1-4H3,(H,28,31,32);2-4,9H,5-6H2,1H3,(H,15,18,19);1,11H,6-9H2,2-4H3;1H3. The lowest BCUT2D eigenvalue weighted by atomic mass is 10.0. The number of esters is 3. The molecule has 0 radical (unpaired) electrons. The SMILES string of the molecule is C#CCOCCCC(C#N)C(=O)OC(C)(C)C.Cn1c(=O)n(C2CCC(=O)NC2=O)c2cccc(Br)c21.Cn1c(=O)n(C2CCC(=O)NC2=O)c2cccc(C#CCOCCCC(C#N)C(=O)OC(C)(C)C)c21.Cn1c(=O)n(C2CCC(=O)NC2=O)c2cccc(CCCOCCCC(CN)C(=O)OC(C)(C)C)c21.P. The number of fused-ring (bicyclic) bond motifs is 3. The molecular formula is C78H102BrN12O18P. The van der Waals surface area contributed by atoms with Gasteiger partial charge in [0.15, 0.2) is 0 Å². The lowest BCUT2D eigenvalue weighted by Crippen LogP contribution is -2.44. The van der Waals surface area contributed by atoms with Crippen LogP contribution in [0.2, 0.25) is 0 Å². The van der Waals surface area contributed by atoms with Gasteiger partial charge in [-0.15, -0.1) is 6.42 Å². The lowest BCUT2D eigenvalue weighted by molar-refractivity contribution is -0.160. The van der Waals surface area contributed by atoms with E-state index in [1.54, 1.807) is 91.5 Å². The molecule has 3 aliphatic rings. The number of benzene rings is 3. The molecule has 3 aliphatic heterocycles. The van der Waals surface area contributed by atoms with Gasteiger partial charge in [0.1, 0.15) is 60.0 Å². The molecule has 0 spiro atoms. The maximum Gasteiger partial charge on any atom is 0.329 e. The van der Waals surface area contributed by atoms with Gasteiger partial charge in [-0.3, -0.25) is 86.5 Å². The highest BCUT2D eigenvalue weighted by molar-refractivity contribution is 9.10. The molecular weight excluding hydrogens is 1500 g/mol. The van der Waals surface area contributed by atoms with Crippen molar-refractivity contribution in [2.45, 2.75) is 187 Å². The Morgan fingerprint density at radius 1 is 0.536 bits per heavy atom. The number of aryl methyl sites for hydroxylation is 4. The molecule has 3 saturated heterocycles. The predicted octanol–water partition coefficient (Wildman–Crippen LogP) is 6.95. The second-order valence-corrected chi connectivity index (χ2v) is 30.1. The third-order valence-electron chi connectivity index (χ3n) is 17.3. The summed E-state index contributed by atoms with van der Waals surface area (Å²) >= 11 is 3.42. The van der Waals surface area contributed by atoms with E-state index in [2.05, 4.69) is 49.6 Å². The van der Waals surface area contributed by atoms with Crippen molar-refractivity contribution in [1.82, 2.24) is 43.4 Å². The van der Waals surface area contributed by atoms with Gasteiger partial charge < -0.3 is 34.2 Å². The summed E-state index contributed by atoms with van der Waals surface area (Å²) in [6.45, 7) is 18.6. The normalized spacial score (nSPS) is 16.5. The molecule has 6 amide bonds. The van der Waals surface area contributed by atoms with Crippen molar-refractivity contribution in [3.8, 4) is 36.3 Å². The minimum atomic E-state index is -0.841. The first-order valence-electron chi connectivity index (χ1n) is 36.1. The fourth-order valence-corrected chi connectivity index (χ4v) is 13.0. The molecule has 30 nitrogen and oxygen atoms in total. The number of amides is 6. The summed E-state index contributed by atoms with van der Waals surface area (Å²) in [7, 11) is 4.98. The Morgan fingerprint density at radius 3 is 1.35 bits per heavy atom. The number of ether oxygens (including phenoxy) is 6. The average molecular weight is 1610 g/mol. The highest BCUT2D eigenvalue weighted by Crippen LogP contribution is 2.30. The number of halogens is 1. The number of aromatic nitrogens is 6. The Morgan fingerprint density at radius 2 is 0.918 bits per heavy atom. The summed E-state index contributed by atoms with van der Waals surface area (Å²) in [6.07, 6.45) is 11.2. The molecule has 5 N–H and O–H groups in total. The molecule has 3 fully saturated rings. The van der Waals surface area contributed by atoms with E-state index in [4.69, 9.17) is 45.8 Å². The smallest absolute Gasteiger partial charge is 0.329 e.